The molecule has 0 unspecified atom stereocenters. The van der Waals surface area contributed by atoms with Crippen molar-refractivity contribution in [2.75, 3.05) is 25.6 Å². The van der Waals surface area contributed by atoms with Crippen molar-refractivity contribution in [1.29, 1.82) is 0 Å². The molecule has 7 aromatic rings. The third-order valence-electron chi connectivity index (χ3n) is 12.3. The second-order valence-corrected chi connectivity index (χ2v) is 17.6. The molecule has 1 amide bonds. The molecule has 17 nitrogen and oxygen atoms in total. The second kappa shape index (κ2) is 20.8. The molecule has 0 aliphatic carbocycles. The van der Waals surface area contributed by atoms with Gasteiger partial charge in [-0.05, 0) is 83.6 Å². The number of nitrogens with one attached hydrogen (secondary N) is 1. The Balaban J connectivity index is 0.884. The molecule has 0 bridgehead atoms. The number of carbonyl (C=O) groups is 3. The van der Waals surface area contributed by atoms with Crippen molar-refractivity contribution < 1.29 is 14.4 Å². The van der Waals surface area contributed by atoms with Gasteiger partial charge in [0.05, 0.1) is 41.4 Å². The van der Waals surface area contributed by atoms with Crippen LogP contribution in [0.4, 0.5) is 11.4 Å². The lowest BCUT2D eigenvalue weighted by molar-refractivity contribution is -0.127. The largest absolute Gasteiger partial charge is 0.387 e. The van der Waals surface area contributed by atoms with Crippen molar-refractivity contribution in [3.8, 4) is 22.3 Å². The van der Waals surface area contributed by atoms with Crippen LogP contribution in [0.2, 0.25) is 0 Å². The normalized spacial score (nSPS) is 13.3. The van der Waals surface area contributed by atoms with Crippen molar-refractivity contribution in [3.05, 3.63) is 159 Å². The molecule has 0 radical (unpaired) electrons. The minimum Gasteiger partial charge on any atom is -0.387 e. The smallest absolute Gasteiger partial charge is 0.275 e. The van der Waals surface area contributed by atoms with E-state index < -0.39 is 0 Å². The molecule has 3 N–H and O–H groups in total. The van der Waals surface area contributed by atoms with Crippen molar-refractivity contribution >= 4 is 70.7 Å². The number of aldehydes is 2. The van der Waals surface area contributed by atoms with Crippen molar-refractivity contribution in [2.24, 2.45) is 27.9 Å². The maximum absolute atomic E-state index is 13.5. The van der Waals surface area contributed by atoms with Gasteiger partial charge in [0.2, 0.25) is 5.91 Å². The van der Waals surface area contributed by atoms with Crippen LogP contribution < -0.4 is 16.7 Å². The highest BCUT2D eigenvalue weighted by Crippen LogP contribution is 2.34. The third kappa shape index (κ3) is 10.6. The Morgan fingerprint density at radius 3 is 2.25 bits per heavy atom. The maximum Gasteiger partial charge on any atom is 0.275 e. The van der Waals surface area contributed by atoms with Crippen molar-refractivity contribution in [3.63, 3.8) is 0 Å². The van der Waals surface area contributed by atoms with Gasteiger partial charge in [-0.3, -0.25) is 29.6 Å². The Hall–Kier alpha value is -8.86. The zero-order valence-electron chi connectivity index (χ0n) is 40.0. The van der Waals surface area contributed by atoms with Crippen LogP contribution in [-0.2, 0) is 29.7 Å². The molecule has 0 fully saturated rings. The highest BCUT2D eigenvalue weighted by Gasteiger charge is 2.22. The molecule has 0 spiro atoms. The van der Waals surface area contributed by atoms with Crippen LogP contribution >= 0.6 is 0 Å². The summed E-state index contributed by atoms with van der Waals surface area (Å²) in [7, 11) is 3.69. The van der Waals surface area contributed by atoms with Gasteiger partial charge in [-0.2, -0.15) is 20.1 Å². The van der Waals surface area contributed by atoms with Crippen LogP contribution in [0.3, 0.4) is 0 Å². The number of amidine groups is 2. The molecule has 5 heterocycles. The zero-order chi connectivity index (χ0) is 49.6. The van der Waals surface area contributed by atoms with Crippen molar-refractivity contribution in [2.45, 2.75) is 52.6 Å². The fraction of sp³-hybridized carbons (Fsp3) is 0.222. The van der Waals surface area contributed by atoms with Crippen LogP contribution in [0.1, 0.15) is 78.1 Å². The summed E-state index contributed by atoms with van der Waals surface area (Å²) in [4.78, 5) is 68.6. The number of rotatable bonds is 16. The van der Waals surface area contributed by atoms with Gasteiger partial charge in [-0.1, -0.05) is 56.3 Å². The standard InChI is InChI=1S/C54H53N13O4/c1-5-17-65(18-6-2)53(70)43-25-41-11-8-38(26-48(41)59-50(55)28-43)36-9-12-42(34-69)44(23-36)29-57-64(4)31-46-15-19-67(61-46)62-51-22-35(33-68)21-40-10-7-39(27-49(40)60-51)37-13-14-47-45(24-37)30-58-66(54(47)71)32-52-56-16-20-63(52)3/h7-16,19-21,23-27,29-30,33-34H,5-6,17-18,22,28,31-32H2,1-4H3,(H2,55,59)(H,60,62)/b57-29-. The van der Waals surface area contributed by atoms with E-state index in [0.29, 0.717) is 81.4 Å². The van der Waals surface area contributed by atoms with E-state index in [1.165, 1.54) is 4.68 Å². The number of hydrazone groups is 1. The van der Waals surface area contributed by atoms with Gasteiger partial charge in [-0.25, -0.2) is 19.7 Å². The van der Waals surface area contributed by atoms with Crippen molar-refractivity contribution in [1.82, 2.24) is 39.1 Å². The van der Waals surface area contributed by atoms with E-state index in [1.54, 1.807) is 40.7 Å². The first kappa shape index (κ1) is 47.2. The molecule has 4 aromatic carbocycles. The number of nitrogens with two attached hydrogens (primary N) is 1. The topological polar surface area (TPSA) is 203 Å². The molecule has 71 heavy (non-hydrogen) atoms. The summed E-state index contributed by atoms with van der Waals surface area (Å²) in [5, 5.41) is 16.8. The number of aromatic nitrogens is 6. The number of benzene rings is 4. The summed E-state index contributed by atoms with van der Waals surface area (Å²) >= 11 is 0. The minimum atomic E-state index is -0.201. The molecule has 358 valence electrons. The number of fused-ring (bicyclic) bond motifs is 3. The summed E-state index contributed by atoms with van der Waals surface area (Å²) in [6.07, 6.45) is 16.2. The van der Waals surface area contributed by atoms with Crippen LogP contribution in [0.25, 0.3) is 45.2 Å². The van der Waals surface area contributed by atoms with Crippen LogP contribution in [0.15, 0.2) is 135 Å². The van der Waals surface area contributed by atoms with E-state index >= 15 is 0 Å². The Kier molecular flexibility index (Phi) is 13.8. The van der Waals surface area contributed by atoms with E-state index in [4.69, 9.17) is 15.8 Å². The zero-order valence-corrected chi connectivity index (χ0v) is 40.0. The highest BCUT2D eigenvalue weighted by atomic mass is 16.2. The van der Waals surface area contributed by atoms with Gasteiger partial charge in [0.25, 0.3) is 5.56 Å². The quantitative estimate of drug-likeness (QED) is 0.0550. The van der Waals surface area contributed by atoms with Crippen LogP contribution in [-0.4, -0.2) is 95.6 Å². The fourth-order valence-corrected chi connectivity index (χ4v) is 8.69. The molecule has 0 saturated heterocycles. The predicted octanol–water partition coefficient (Wildman–Crippen LogP) is 7.67. The lowest BCUT2D eigenvalue weighted by Gasteiger charge is -2.22. The Morgan fingerprint density at radius 2 is 1.54 bits per heavy atom. The average Bonchev–Trinajstić information content (AvgIpc) is 3.89. The summed E-state index contributed by atoms with van der Waals surface area (Å²) < 4.78 is 3.27. The predicted molar refractivity (Wildman–Crippen MR) is 278 cm³/mol. The highest BCUT2D eigenvalue weighted by molar-refractivity contribution is 6.06. The first-order chi connectivity index (χ1) is 34.5. The summed E-state index contributed by atoms with van der Waals surface area (Å²) in [6, 6.07) is 24.8. The number of hydrogen-bond acceptors (Lipinski definition) is 13. The van der Waals surface area contributed by atoms with Crippen LogP contribution in [0.5, 0.6) is 0 Å². The number of amides is 1. The van der Waals surface area contributed by atoms with E-state index in [-0.39, 0.29) is 30.9 Å². The lowest BCUT2D eigenvalue weighted by Crippen LogP contribution is -2.34. The van der Waals surface area contributed by atoms with Gasteiger partial charge in [0, 0.05) is 97.4 Å². The lowest BCUT2D eigenvalue weighted by atomic mass is 9.97. The van der Waals surface area contributed by atoms with Crippen LogP contribution in [0, 0.1) is 0 Å². The average molecular weight is 948 g/mol. The number of aliphatic imine (C=N–C) groups is 2. The number of aryl methyl sites for hydroxylation is 1. The van der Waals surface area contributed by atoms with Gasteiger partial charge in [0.15, 0.2) is 6.29 Å². The number of hydrogen-bond donors (Lipinski definition) is 2. The summed E-state index contributed by atoms with van der Waals surface area (Å²) in [5.41, 5.74) is 18.8. The van der Waals surface area contributed by atoms with E-state index in [9.17, 15) is 19.2 Å². The Morgan fingerprint density at radius 1 is 0.831 bits per heavy atom. The molecule has 9 rings (SSSR count). The second-order valence-electron chi connectivity index (χ2n) is 17.6. The maximum atomic E-state index is 13.5. The molecule has 0 atom stereocenters. The molecule has 2 aliphatic rings. The van der Waals surface area contributed by atoms with E-state index in [2.05, 4.69) is 39.4 Å². The monoisotopic (exact) mass is 947 g/mol. The first-order valence-electron chi connectivity index (χ1n) is 23.5. The van der Waals surface area contributed by atoms with Gasteiger partial charge >= 0.3 is 0 Å². The Bertz CT molecular complexity index is 3420. The molecular weight excluding hydrogens is 895 g/mol. The third-order valence-corrected chi connectivity index (χ3v) is 12.3. The van der Waals surface area contributed by atoms with E-state index in [1.807, 2.05) is 115 Å². The SMILES string of the molecule is CCCN(CCC)C(=O)C1=Cc2ccc(-c3ccc(C=O)c(/C=N\N(C)Cc4ccn(NC5=Nc6cc(-c7ccc8c(=O)n(Cc9nccn9C)ncc8c7)ccc6C=C(C=O)C5)n4)c3)cc2N=C(N)C1. The number of nitrogens with zero attached hydrogens (tertiary/aromatic N) is 11. The molecule has 0 saturated carbocycles. The minimum absolute atomic E-state index is 0.0166. The van der Waals surface area contributed by atoms with Gasteiger partial charge < -0.3 is 15.2 Å². The fourth-order valence-electron chi connectivity index (χ4n) is 8.69. The van der Waals surface area contributed by atoms with E-state index in [0.717, 1.165) is 64.6 Å². The summed E-state index contributed by atoms with van der Waals surface area (Å²) in [5.74, 6) is 1.59. The number of imidazole rings is 1. The molecule has 3 aromatic heterocycles. The Labute approximate surface area is 410 Å². The molecule has 2 aliphatic heterocycles. The molecular formula is C54H53N13O4. The number of carbonyl (C=O) groups excluding carboxylic acids is 3. The van der Waals surface area contributed by atoms with Gasteiger partial charge in [-0.15, -0.1) is 0 Å². The first-order valence-corrected chi connectivity index (χ1v) is 23.5. The van der Waals surface area contributed by atoms with Gasteiger partial charge in [0.1, 0.15) is 30.3 Å². The molecule has 17 heteroatoms. The summed E-state index contributed by atoms with van der Waals surface area (Å²) in [6.45, 7) is 6.10.